The summed E-state index contributed by atoms with van der Waals surface area (Å²) in [5.74, 6) is 1.79. The van der Waals surface area contributed by atoms with Gasteiger partial charge in [0.05, 0.1) is 12.4 Å². The van der Waals surface area contributed by atoms with Gasteiger partial charge in [0.2, 0.25) is 0 Å². The van der Waals surface area contributed by atoms with Crippen LogP contribution in [0.25, 0.3) is 0 Å². The lowest BCUT2D eigenvalue weighted by atomic mass is 9.68. The Balaban J connectivity index is 2.99. The van der Waals surface area contributed by atoms with E-state index in [9.17, 15) is 10.2 Å². The van der Waals surface area contributed by atoms with Crippen molar-refractivity contribution in [1.29, 1.82) is 0 Å². The molecule has 124 valence electrons. The maximum absolute atomic E-state index is 10.5. The number of rotatable bonds is 7. The van der Waals surface area contributed by atoms with Crippen molar-refractivity contribution in [3.05, 3.63) is 11.3 Å². The summed E-state index contributed by atoms with van der Waals surface area (Å²) in [4.78, 5) is 2.35. The lowest BCUT2D eigenvalue weighted by molar-refractivity contribution is 0.0889. The molecule has 2 N–H and O–H groups in total. The van der Waals surface area contributed by atoms with Crippen LogP contribution >= 0.6 is 0 Å². The Morgan fingerprint density at radius 3 is 2.29 bits per heavy atom. The molecule has 1 aliphatic carbocycles. The van der Waals surface area contributed by atoms with Crippen molar-refractivity contribution in [1.82, 2.24) is 4.90 Å². The van der Waals surface area contributed by atoms with Gasteiger partial charge in [0.25, 0.3) is 0 Å². The fraction of sp³-hybridized carbons (Fsp3) is 0.889. The zero-order valence-corrected chi connectivity index (χ0v) is 14.8. The van der Waals surface area contributed by atoms with E-state index < -0.39 is 0 Å². The SMILES string of the molecule is CCCN(CCO)C(C)C(C)(C)C1=C(O)CC(C)C(C)C1. The second-order valence-electron chi connectivity index (χ2n) is 7.45. The summed E-state index contributed by atoms with van der Waals surface area (Å²) in [6, 6.07) is 0.308. The third-order valence-corrected chi connectivity index (χ3v) is 5.63. The highest BCUT2D eigenvalue weighted by Gasteiger charge is 2.38. The number of nitrogens with zero attached hydrogens (tertiary/aromatic N) is 1. The van der Waals surface area contributed by atoms with E-state index in [1.54, 1.807) is 0 Å². The first-order valence-electron chi connectivity index (χ1n) is 8.52. The predicted octanol–water partition coefficient (Wildman–Crippen LogP) is 3.98. The van der Waals surface area contributed by atoms with Crippen molar-refractivity contribution >= 4 is 0 Å². The van der Waals surface area contributed by atoms with Crippen LogP contribution in [-0.2, 0) is 0 Å². The number of hydrogen-bond acceptors (Lipinski definition) is 3. The molecule has 0 aromatic carbocycles. The van der Waals surface area contributed by atoms with Gasteiger partial charge in [0.1, 0.15) is 0 Å². The molecule has 0 saturated carbocycles. The van der Waals surface area contributed by atoms with E-state index in [4.69, 9.17) is 0 Å². The molecule has 0 aromatic heterocycles. The van der Waals surface area contributed by atoms with Crippen LogP contribution in [0.4, 0.5) is 0 Å². The summed E-state index contributed by atoms with van der Waals surface area (Å²) in [6.07, 6.45) is 2.88. The molecule has 0 aromatic rings. The topological polar surface area (TPSA) is 43.7 Å². The molecule has 0 radical (unpaired) electrons. The third-order valence-electron chi connectivity index (χ3n) is 5.63. The average molecular weight is 297 g/mol. The smallest absolute Gasteiger partial charge is 0.0923 e. The normalized spacial score (nSPS) is 25.5. The van der Waals surface area contributed by atoms with Crippen molar-refractivity contribution in [2.45, 2.75) is 66.8 Å². The van der Waals surface area contributed by atoms with Crippen molar-refractivity contribution < 1.29 is 10.2 Å². The molecule has 0 fully saturated rings. The number of hydrogen-bond donors (Lipinski definition) is 2. The summed E-state index contributed by atoms with van der Waals surface area (Å²) in [5, 5.41) is 19.8. The Bertz CT molecular complexity index is 356. The molecule has 3 heteroatoms. The highest BCUT2D eigenvalue weighted by Crippen LogP contribution is 2.44. The largest absolute Gasteiger partial charge is 0.512 e. The molecule has 0 saturated heterocycles. The molecular weight excluding hydrogens is 262 g/mol. The second kappa shape index (κ2) is 7.64. The van der Waals surface area contributed by atoms with Crippen LogP contribution in [0.2, 0.25) is 0 Å². The Labute approximate surface area is 131 Å². The minimum atomic E-state index is -0.0666. The average Bonchev–Trinajstić information content (AvgIpc) is 2.41. The fourth-order valence-corrected chi connectivity index (χ4v) is 3.53. The number of aliphatic hydroxyl groups is 2. The molecule has 3 unspecified atom stereocenters. The number of allylic oxidation sites excluding steroid dienone is 1. The lowest BCUT2D eigenvalue weighted by Crippen LogP contribution is -2.47. The highest BCUT2D eigenvalue weighted by molar-refractivity contribution is 5.22. The van der Waals surface area contributed by atoms with Crippen LogP contribution in [0.1, 0.15) is 60.8 Å². The van der Waals surface area contributed by atoms with Crippen LogP contribution in [0.3, 0.4) is 0 Å². The van der Waals surface area contributed by atoms with Crippen LogP contribution in [-0.4, -0.2) is 40.9 Å². The van der Waals surface area contributed by atoms with E-state index >= 15 is 0 Å². The summed E-state index contributed by atoms with van der Waals surface area (Å²) >= 11 is 0. The maximum Gasteiger partial charge on any atom is 0.0923 e. The van der Waals surface area contributed by atoms with Gasteiger partial charge in [-0.1, -0.05) is 34.6 Å². The summed E-state index contributed by atoms with van der Waals surface area (Å²) in [5.41, 5.74) is 1.16. The highest BCUT2D eigenvalue weighted by atomic mass is 16.3. The van der Waals surface area contributed by atoms with Gasteiger partial charge in [-0.3, -0.25) is 4.90 Å². The molecule has 21 heavy (non-hydrogen) atoms. The second-order valence-corrected chi connectivity index (χ2v) is 7.45. The van der Waals surface area contributed by atoms with Crippen LogP contribution in [0, 0.1) is 17.3 Å². The Hall–Kier alpha value is -0.540. The Morgan fingerprint density at radius 2 is 1.76 bits per heavy atom. The molecule has 0 amide bonds. The molecular formula is C18H35NO2. The van der Waals surface area contributed by atoms with E-state index in [1.165, 1.54) is 5.57 Å². The summed E-state index contributed by atoms with van der Waals surface area (Å²) in [6.45, 7) is 15.3. The van der Waals surface area contributed by atoms with E-state index in [-0.39, 0.29) is 12.0 Å². The van der Waals surface area contributed by atoms with Gasteiger partial charge < -0.3 is 10.2 Å². The van der Waals surface area contributed by atoms with Gasteiger partial charge >= 0.3 is 0 Å². The number of aliphatic hydroxyl groups excluding tert-OH is 2. The van der Waals surface area contributed by atoms with Crippen LogP contribution in [0.15, 0.2) is 11.3 Å². The third kappa shape index (κ3) is 4.23. The minimum Gasteiger partial charge on any atom is -0.512 e. The van der Waals surface area contributed by atoms with Gasteiger partial charge in [-0.15, -0.1) is 0 Å². The fourth-order valence-electron chi connectivity index (χ4n) is 3.53. The van der Waals surface area contributed by atoms with Crippen molar-refractivity contribution in [3.8, 4) is 0 Å². The first-order chi connectivity index (χ1) is 9.75. The zero-order valence-electron chi connectivity index (χ0n) is 14.8. The Kier molecular flexibility index (Phi) is 6.73. The lowest BCUT2D eigenvalue weighted by Gasteiger charge is -2.44. The van der Waals surface area contributed by atoms with Crippen LogP contribution in [0.5, 0.6) is 0 Å². The molecule has 1 rings (SSSR count). The van der Waals surface area contributed by atoms with Crippen molar-refractivity contribution in [3.63, 3.8) is 0 Å². The maximum atomic E-state index is 10.5. The first-order valence-corrected chi connectivity index (χ1v) is 8.52. The summed E-state index contributed by atoms with van der Waals surface area (Å²) in [7, 11) is 0. The van der Waals surface area contributed by atoms with Gasteiger partial charge in [0, 0.05) is 24.4 Å². The molecule has 3 nitrogen and oxygen atoms in total. The van der Waals surface area contributed by atoms with Gasteiger partial charge in [-0.2, -0.15) is 0 Å². The van der Waals surface area contributed by atoms with Crippen LogP contribution < -0.4 is 0 Å². The molecule has 0 bridgehead atoms. The zero-order chi connectivity index (χ0) is 16.2. The molecule has 0 heterocycles. The van der Waals surface area contributed by atoms with Crippen molar-refractivity contribution in [2.75, 3.05) is 19.7 Å². The quantitative estimate of drug-likeness (QED) is 0.747. The van der Waals surface area contributed by atoms with E-state index in [2.05, 4.69) is 46.4 Å². The van der Waals surface area contributed by atoms with E-state index in [0.717, 1.165) is 25.8 Å². The van der Waals surface area contributed by atoms with Crippen molar-refractivity contribution in [2.24, 2.45) is 17.3 Å². The Morgan fingerprint density at radius 1 is 1.19 bits per heavy atom. The molecule has 3 atom stereocenters. The van der Waals surface area contributed by atoms with E-state index in [1.807, 2.05) is 0 Å². The predicted molar refractivity (Wildman–Crippen MR) is 89.4 cm³/mol. The minimum absolute atomic E-state index is 0.0666. The molecule has 1 aliphatic rings. The van der Waals surface area contributed by atoms with E-state index in [0.29, 0.717) is 30.2 Å². The van der Waals surface area contributed by atoms with Gasteiger partial charge in [-0.25, -0.2) is 0 Å². The van der Waals surface area contributed by atoms with Gasteiger partial charge in [0.15, 0.2) is 0 Å². The summed E-state index contributed by atoms with van der Waals surface area (Å²) < 4.78 is 0. The molecule has 0 spiro atoms. The first kappa shape index (κ1) is 18.5. The van der Waals surface area contributed by atoms with Gasteiger partial charge in [-0.05, 0) is 43.7 Å². The standard InChI is InChI=1S/C18H35NO2/c1-7-8-19(9-10-20)15(4)18(5,6)16-11-13(2)14(3)12-17(16)21/h13-15,20-21H,7-12H2,1-6H3. The monoisotopic (exact) mass is 297 g/mol. The molecule has 0 aliphatic heterocycles.